The van der Waals surface area contributed by atoms with Crippen molar-refractivity contribution in [2.24, 2.45) is 0 Å². The van der Waals surface area contributed by atoms with Gasteiger partial charge in [-0.05, 0) is 47.4 Å². The SMILES string of the molecule is COC(=O)[C@H]1Cc2ccccc2CN1Cc1ccc(C(=O)Nc2ccccc2)cc1. The molecule has 5 heteroatoms. The zero-order valence-corrected chi connectivity index (χ0v) is 16.9. The number of nitrogens with one attached hydrogen (secondary N) is 1. The van der Waals surface area contributed by atoms with Gasteiger partial charge in [-0.2, -0.15) is 0 Å². The molecule has 0 saturated carbocycles. The second kappa shape index (κ2) is 8.93. The highest BCUT2D eigenvalue weighted by Crippen LogP contribution is 2.26. The standard InChI is InChI=1S/C25H24N2O3/c1-30-25(29)23-15-20-7-5-6-8-21(20)17-27(23)16-18-11-13-19(14-12-18)24(28)26-22-9-3-2-4-10-22/h2-14,23H,15-17H2,1H3,(H,26,28)/t23-/m1/s1. The third kappa shape index (κ3) is 4.42. The van der Waals surface area contributed by atoms with Crippen molar-refractivity contribution < 1.29 is 14.3 Å². The van der Waals surface area contributed by atoms with Crippen LogP contribution in [0.4, 0.5) is 5.69 Å². The van der Waals surface area contributed by atoms with E-state index in [1.54, 1.807) is 0 Å². The molecule has 1 aliphatic rings. The molecule has 1 N–H and O–H groups in total. The Kier molecular flexibility index (Phi) is 5.91. The van der Waals surface area contributed by atoms with Crippen molar-refractivity contribution >= 4 is 17.6 Å². The molecular weight excluding hydrogens is 376 g/mol. The van der Waals surface area contributed by atoms with E-state index in [-0.39, 0.29) is 17.9 Å². The second-order valence-corrected chi connectivity index (χ2v) is 7.43. The largest absolute Gasteiger partial charge is 0.468 e. The maximum atomic E-state index is 12.5. The van der Waals surface area contributed by atoms with E-state index in [1.165, 1.54) is 18.2 Å². The average Bonchev–Trinajstić information content (AvgIpc) is 2.79. The number of esters is 1. The lowest BCUT2D eigenvalue weighted by molar-refractivity contribution is -0.148. The van der Waals surface area contributed by atoms with Crippen LogP contribution >= 0.6 is 0 Å². The van der Waals surface area contributed by atoms with Gasteiger partial charge in [0.1, 0.15) is 6.04 Å². The Hall–Kier alpha value is -3.44. The van der Waals surface area contributed by atoms with Gasteiger partial charge < -0.3 is 10.1 Å². The molecule has 1 heterocycles. The first-order chi connectivity index (χ1) is 14.6. The van der Waals surface area contributed by atoms with Crippen LogP contribution in [0.15, 0.2) is 78.9 Å². The third-order valence-electron chi connectivity index (χ3n) is 5.45. The molecule has 1 aliphatic heterocycles. The number of carbonyl (C=O) groups is 2. The van der Waals surface area contributed by atoms with Crippen LogP contribution in [0, 0.1) is 0 Å². The molecule has 3 aromatic rings. The van der Waals surface area contributed by atoms with Gasteiger partial charge in [-0.25, -0.2) is 0 Å². The molecule has 0 aromatic heterocycles. The number of carbonyl (C=O) groups excluding carboxylic acids is 2. The molecule has 0 aliphatic carbocycles. The Morgan fingerprint density at radius 1 is 0.933 bits per heavy atom. The summed E-state index contributed by atoms with van der Waals surface area (Å²) in [4.78, 5) is 27.0. The van der Waals surface area contributed by atoms with Crippen LogP contribution in [-0.2, 0) is 29.0 Å². The van der Waals surface area contributed by atoms with Gasteiger partial charge in [0.2, 0.25) is 0 Å². The van der Waals surface area contributed by atoms with Crippen LogP contribution in [0.2, 0.25) is 0 Å². The summed E-state index contributed by atoms with van der Waals surface area (Å²) in [5.41, 5.74) is 4.82. The number of anilines is 1. The molecule has 4 rings (SSSR count). The Morgan fingerprint density at radius 2 is 1.60 bits per heavy atom. The number of rotatable bonds is 5. The highest BCUT2D eigenvalue weighted by molar-refractivity contribution is 6.04. The van der Waals surface area contributed by atoms with Crippen molar-refractivity contribution in [2.75, 3.05) is 12.4 Å². The molecule has 3 aromatic carbocycles. The van der Waals surface area contributed by atoms with Crippen molar-refractivity contribution in [2.45, 2.75) is 25.6 Å². The van der Waals surface area contributed by atoms with Crippen LogP contribution in [0.5, 0.6) is 0 Å². The molecule has 0 fully saturated rings. The van der Waals surface area contributed by atoms with E-state index in [4.69, 9.17) is 4.74 Å². The fourth-order valence-electron chi connectivity index (χ4n) is 3.83. The van der Waals surface area contributed by atoms with Gasteiger partial charge in [0.25, 0.3) is 5.91 Å². The van der Waals surface area contributed by atoms with Gasteiger partial charge in [0, 0.05) is 24.3 Å². The number of benzene rings is 3. The van der Waals surface area contributed by atoms with Gasteiger partial charge >= 0.3 is 5.97 Å². The van der Waals surface area contributed by atoms with Crippen LogP contribution < -0.4 is 5.32 Å². The maximum absolute atomic E-state index is 12.5. The topological polar surface area (TPSA) is 58.6 Å². The predicted octanol–water partition coefficient (Wildman–Crippen LogP) is 4.04. The van der Waals surface area contributed by atoms with Gasteiger partial charge in [-0.3, -0.25) is 14.5 Å². The number of nitrogens with zero attached hydrogens (tertiary/aromatic N) is 1. The normalized spacial score (nSPS) is 15.8. The Balaban J connectivity index is 1.47. The summed E-state index contributed by atoms with van der Waals surface area (Å²) in [6.45, 7) is 1.29. The highest BCUT2D eigenvalue weighted by Gasteiger charge is 2.32. The first-order valence-corrected chi connectivity index (χ1v) is 9.98. The smallest absolute Gasteiger partial charge is 0.323 e. The van der Waals surface area contributed by atoms with Gasteiger partial charge in [0.05, 0.1) is 7.11 Å². The number of hydrogen-bond acceptors (Lipinski definition) is 4. The van der Waals surface area contributed by atoms with Crippen molar-refractivity contribution in [3.8, 4) is 0 Å². The summed E-state index contributed by atoms with van der Waals surface area (Å²) in [6, 6.07) is 24.8. The van der Waals surface area contributed by atoms with Crippen LogP contribution in [0.1, 0.15) is 27.0 Å². The molecular formula is C25H24N2O3. The van der Waals surface area contributed by atoms with E-state index in [0.717, 1.165) is 11.3 Å². The molecule has 0 saturated heterocycles. The quantitative estimate of drug-likeness (QED) is 0.657. The summed E-state index contributed by atoms with van der Waals surface area (Å²) < 4.78 is 5.05. The van der Waals surface area contributed by atoms with Crippen molar-refractivity contribution in [1.29, 1.82) is 0 Å². The molecule has 1 atom stereocenters. The summed E-state index contributed by atoms with van der Waals surface area (Å²) in [5, 5.41) is 2.89. The van der Waals surface area contributed by atoms with E-state index in [2.05, 4.69) is 22.3 Å². The molecule has 152 valence electrons. The summed E-state index contributed by atoms with van der Waals surface area (Å²) in [6.07, 6.45) is 0.639. The van der Waals surface area contributed by atoms with Crippen molar-refractivity contribution in [1.82, 2.24) is 4.90 Å². The average molecular weight is 400 g/mol. The highest BCUT2D eigenvalue weighted by atomic mass is 16.5. The molecule has 0 unspecified atom stereocenters. The van der Waals surface area contributed by atoms with Crippen molar-refractivity contribution in [3.05, 3.63) is 101 Å². The van der Waals surface area contributed by atoms with E-state index in [1.807, 2.05) is 66.7 Å². The molecule has 5 nitrogen and oxygen atoms in total. The third-order valence-corrected chi connectivity index (χ3v) is 5.45. The number of amides is 1. The number of ether oxygens (including phenoxy) is 1. The fourth-order valence-corrected chi connectivity index (χ4v) is 3.83. The molecule has 0 radical (unpaired) electrons. The second-order valence-electron chi connectivity index (χ2n) is 7.43. The first-order valence-electron chi connectivity index (χ1n) is 9.98. The van der Waals surface area contributed by atoms with Crippen LogP contribution in [-0.4, -0.2) is 29.9 Å². The van der Waals surface area contributed by atoms with Gasteiger partial charge in [0.15, 0.2) is 0 Å². The monoisotopic (exact) mass is 400 g/mol. The first kappa shape index (κ1) is 19.9. The van der Waals surface area contributed by atoms with E-state index < -0.39 is 0 Å². The Bertz CT molecular complexity index is 1030. The summed E-state index contributed by atoms with van der Waals surface area (Å²) in [7, 11) is 1.43. The van der Waals surface area contributed by atoms with Crippen LogP contribution in [0.3, 0.4) is 0 Å². The minimum atomic E-state index is -0.314. The zero-order valence-electron chi connectivity index (χ0n) is 16.9. The lowest BCUT2D eigenvalue weighted by atomic mass is 9.93. The summed E-state index contributed by atoms with van der Waals surface area (Å²) >= 11 is 0. The van der Waals surface area contributed by atoms with Gasteiger partial charge in [-0.1, -0.05) is 54.6 Å². The zero-order chi connectivity index (χ0) is 20.9. The molecule has 0 bridgehead atoms. The van der Waals surface area contributed by atoms with E-state index in [9.17, 15) is 9.59 Å². The Labute approximate surface area is 176 Å². The fraction of sp³-hybridized carbons (Fsp3) is 0.200. The summed E-state index contributed by atoms with van der Waals surface area (Å²) in [5.74, 6) is -0.365. The lowest BCUT2D eigenvalue weighted by Gasteiger charge is -2.35. The number of methoxy groups -OCH3 is 1. The number of fused-ring (bicyclic) bond motifs is 1. The Morgan fingerprint density at radius 3 is 2.30 bits per heavy atom. The number of hydrogen-bond donors (Lipinski definition) is 1. The predicted molar refractivity (Wildman–Crippen MR) is 116 cm³/mol. The van der Waals surface area contributed by atoms with E-state index in [0.29, 0.717) is 25.1 Å². The molecule has 1 amide bonds. The van der Waals surface area contributed by atoms with E-state index >= 15 is 0 Å². The molecule has 30 heavy (non-hydrogen) atoms. The van der Waals surface area contributed by atoms with Crippen LogP contribution in [0.25, 0.3) is 0 Å². The maximum Gasteiger partial charge on any atom is 0.323 e. The van der Waals surface area contributed by atoms with Gasteiger partial charge in [-0.15, -0.1) is 0 Å². The number of para-hydroxylation sites is 1. The molecule has 0 spiro atoms. The minimum absolute atomic E-state index is 0.146. The van der Waals surface area contributed by atoms with Crippen molar-refractivity contribution in [3.63, 3.8) is 0 Å². The minimum Gasteiger partial charge on any atom is -0.468 e. The lowest BCUT2D eigenvalue weighted by Crippen LogP contribution is -2.45.